The maximum atomic E-state index is 12.3. The third-order valence-electron chi connectivity index (χ3n) is 4.23. The zero-order chi connectivity index (χ0) is 15.3. The minimum Gasteiger partial charge on any atom is -0.490 e. The molecule has 1 saturated carbocycles. The highest BCUT2D eigenvalue weighted by Crippen LogP contribution is 2.37. The highest BCUT2D eigenvalue weighted by Gasteiger charge is 2.39. The fraction of sp³-hybridized carbons (Fsp3) is 0.471. The smallest absolute Gasteiger partial charge is 0.251 e. The molecule has 4 heteroatoms. The first kappa shape index (κ1) is 15.6. The summed E-state index contributed by atoms with van der Waals surface area (Å²) >= 11 is 0. The van der Waals surface area contributed by atoms with Gasteiger partial charge in [-0.05, 0) is 37.1 Å². The maximum Gasteiger partial charge on any atom is 0.251 e. The predicted molar refractivity (Wildman–Crippen MR) is 82.4 cm³/mol. The summed E-state index contributed by atoms with van der Waals surface area (Å²) in [5, 5.41) is 12.6. The first-order valence-electron chi connectivity index (χ1n) is 7.34. The van der Waals surface area contributed by atoms with Gasteiger partial charge in [-0.3, -0.25) is 4.79 Å². The van der Waals surface area contributed by atoms with Crippen molar-refractivity contribution >= 4 is 5.91 Å². The van der Waals surface area contributed by atoms with Gasteiger partial charge >= 0.3 is 0 Å². The Morgan fingerprint density at radius 3 is 2.86 bits per heavy atom. The second-order valence-electron chi connectivity index (χ2n) is 5.85. The molecule has 1 fully saturated rings. The number of aliphatic hydroxyl groups excluding tert-OH is 1. The molecule has 0 radical (unpaired) electrons. The van der Waals surface area contributed by atoms with Gasteiger partial charge in [0.1, 0.15) is 12.4 Å². The van der Waals surface area contributed by atoms with Gasteiger partial charge in [0.05, 0.1) is 6.61 Å². The van der Waals surface area contributed by atoms with Crippen LogP contribution in [0.25, 0.3) is 0 Å². The summed E-state index contributed by atoms with van der Waals surface area (Å²) in [5.74, 6) is 0.615. The second kappa shape index (κ2) is 6.76. The number of hydrogen-bond acceptors (Lipinski definition) is 3. The van der Waals surface area contributed by atoms with E-state index in [9.17, 15) is 9.90 Å². The Balaban J connectivity index is 1.98. The highest BCUT2D eigenvalue weighted by atomic mass is 16.5. The molecule has 1 amide bonds. The molecule has 2 unspecified atom stereocenters. The first-order chi connectivity index (χ1) is 10.1. The topological polar surface area (TPSA) is 58.6 Å². The Morgan fingerprint density at radius 1 is 1.52 bits per heavy atom. The molecule has 114 valence electrons. The number of benzene rings is 1. The molecule has 1 aliphatic carbocycles. The van der Waals surface area contributed by atoms with Crippen LogP contribution in [0.3, 0.4) is 0 Å². The van der Waals surface area contributed by atoms with Gasteiger partial charge in [0.25, 0.3) is 5.91 Å². The van der Waals surface area contributed by atoms with Crippen molar-refractivity contribution in [1.29, 1.82) is 0 Å². The van der Waals surface area contributed by atoms with Crippen LogP contribution >= 0.6 is 0 Å². The molecule has 4 nitrogen and oxygen atoms in total. The molecule has 0 heterocycles. The lowest BCUT2D eigenvalue weighted by Gasteiger charge is -2.30. The standard InChI is InChI=1S/C17H23NO3/c1-3-11-21-14-8-6-13(7-9-14)16(20)18-15-5-4-10-17(15,2)12-19/h3,6-9,15,19H,1,4-5,10-12H2,2H3,(H,18,20). The molecule has 1 aliphatic rings. The summed E-state index contributed by atoms with van der Waals surface area (Å²) in [5.41, 5.74) is 0.399. The number of amides is 1. The van der Waals surface area contributed by atoms with Gasteiger partial charge in [0, 0.05) is 17.0 Å². The molecule has 1 aromatic carbocycles. The molecular weight excluding hydrogens is 266 g/mol. The zero-order valence-electron chi connectivity index (χ0n) is 12.5. The van der Waals surface area contributed by atoms with E-state index < -0.39 is 0 Å². The number of ether oxygens (including phenoxy) is 1. The summed E-state index contributed by atoms with van der Waals surface area (Å²) < 4.78 is 5.39. The summed E-state index contributed by atoms with van der Waals surface area (Å²) in [6.07, 6.45) is 4.58. The molecule has 2 N–H and O–H groups in total. The van der Waals surface area contributed by atoms with Crippen LogP contribution in [-0.4, -0.2) is 30.3 Å². The lowest BCUT2D eigenvalue weighted by molar-refractivity contribution is 0.0830. The molecule has 0 aliphatic heterocycles. The van der Waals surface area contributed by atoms with Crippen molar-refractivity contribution in [3.63, 3.8) is 0 Å². The summed E-state index contributed by atoms with van der Waals surface area (Å²) in [4.78, 5) is 12.3. The largest absolute Gasteiger partial charge is 0.490 e. The number of rotatable bonds is 6. The predicted octanol–water partition coefficient (Wildman–Crippen LogP) is 2.53. The number of carbonyl (C=O) groups excluding carboxylic acids is 1. The van der Waals surface area contributed by atoms with Crippen LogP contribution in [0.15, 0.2) is 36.9 Å². The number of hydrogen-bond donors (Lipinski definition) is 2. The van der Waals surface area contributed by atoms with Crippen LogP contribution in [-0.2, 0) is 0 Å². The zero-order valence-corrected chi connectivity index (χ0v) is 12.5. The Bertz CT molecular complexity index is 497. The monoisotopic (exact) mass is 289 g/mol. The molecule has 21 heavy (non-hydrogen) atoms. The Morgan fingerprint density at radius 2 is 2.24 bits per heavy atom. The molecule has 2 atom stereocenters. The lowest BCUT2D eigenvalue weighted by atomic mass is 9.85. The van der Waals surface area contributed by atoms with Crippen molar-refractivity contribution in [2.24, 2.45) is 5.41 Å². The van der Waals surface area contributed by atoms with Crippen molar-refractivity contribution in [1.82, 2.24) is 5.32 Å². The number of aliphatic hydroxyl groups is 1. The van der Waals surface area contributed by atoms with Crippen molar-refractivity contribution in [3.8, 4) is 5.75 Å². The van der Waals surface area contributed by atoms with E-state index in [1.807, 2.05) is 6.92 Å². The molecule has 2 rings (SSSR count). The normalized spacial score (nSPS) is 24.6. The molecule has 0 spiro atoms. The van der Waals surface area contributed by atoms with E-state index in [4.69, 9.17) is 4.74 Å². The number of carbonyl (C=O) groups is 1. The van der Waals surface area contributed by atoms with Crippen LogP contribution in [0, 0.1) is 5.41 Å². The van der Waals surface area contributed by atoms with Crippen molar-refractivity contribution < 1.29 is 14.6 Å². The third kappa shape index (κ3) is 3.64. The fourth-order valence-corrected chi connectivity index (χ4v) is 2.77. The van der Waals surface area contributed by atoms with Gasteiger partial charge in [-0.25, -0.2) is 0 Å². The van der Waals surface area contributed by atoms with Crippen LogP contribution in [0.2, 0.25) is 0 Å². The summed E-state index contributed by atoms with van der Waals surface area (Å²) in [7, 11) is 0. The molecule has 1 aromatic rings. The van der Waals surface area contributed by atoms with Gasteiger partial charge in [-0.1, -0.05) is 26.0 Å². The van der Waals surface area contributed by atoms with Crippen LogP contribution in [0.5, 0.6) is 5.75 Å². The van der Waals surface area contributed by atoms with Crippen LogP contribution in [0.1, 0.15) is 36.5 Å². The first-order valence-corrected chi connectivity index (χ1v) is 7.34. The van der Waals surface area contributed by atoms with Crippen LogP contribution in [0.4, 0.5) is 0 Å². The minimum absolute atomic E-state index is 0.0340. The van der Waals surface area contributed by atoms with Crippen molar-refractivity contribution in [2.45, 2.75) is 32.2 Å². The number of nitrogens with one attached hydrogen (secondary N) is 1. The molecule has 0 saturated heterocycles. The van der Waals surface area contributed by atoms with Crippen LogP contribution < -0.4 is 10.1 Å². The SMILES string of the molecule is C=CCOc1ccc(C(=O)NC2CCCC2(C)CO)cc1. The average Bonchev–Trinajstić information content (AvgIpc) is 2.87. The average molecular weight is 289 g/mol. The molecule has 0 bridgehead atoms. The third-order valence-corrected chi connectivity index (χ3v) is 4.23. The van der Waals surface area contributed by atoms with Crippen molar-refractivity contribution in [2.75, 3.05) is 13.2 Å². The van der Waals surface area contributed by atoms with E-state index in [1.165, 1.54) is 0 Å². The lowest BCUT2D eigenvalue weighted by Crippen LogP contribution is -2.44. The summed E-state index contributed by atoms with van der Waals surface area (Å²) in [6, 6.07) is 7.08. The molecular formula is C17H23NO3. The quantitative estimate of drug-likeness (QED) is 0.791. The van der Waals surface area contributed by atoms with Gasteiger partial charge in [-0.15, -0.1) is 0 Å². The van der Waals surface area contributed by atoms with Crippen molar-refractivity contribution in [3.05, 3.63) is 42.5 Å². The minimum atomic E-state index is -0.206. The van der Waals surface area contributed by atoms with Gasteiger partial charge in [0.2, 0.25) is 0 Å². The van der Waals surface area contributed by atoms with E-state index in [1.54, 1.807) is 30.3 Å². The fourth-order valence-electron chi connectivity index (χ4n) is 2.77. The summed E-state index contributed by atoms with van der Waals surface area (Å²) in [6.45, 7) is 6.17. The maximum absolute atomic E-state index is 12.3. The Hall–Kier alpha value is -1.81. The molecule has 0 aromatic heterocycles. The Labute approximate surface area is 125 Å². The van der Waals surface area contributed by atoms with E-state index in [0.29, 0.717) is 17.9 Å². The van der Waals surface area contributed by atoms with Gasteiger partial charge < -0.3 is 15.2 Å². The van der Waals surface area contributed by atoms with Gasteiger partial charge in [-0.2, -0.15) is 0 Å². The van der Waals surface area contributed by atoms with Gasteiger partial charge in [0.15, 0.2) is 0 Å². The van der Waals surface area contributed by atoms with E-state index in [-0.39, 0.29) is 24.0 Å². The highest BCUT2D eigenvalue weighted by molar-refractivity contribution is 5.94. The second-order valence-corrected chi connectivity index (χ2v) is 5.85. The van der Waals surface area contributed by atoms with E-state index in [2.05, 4.69) is 11.9 Å². The van der Waals surface area contributed by atoms with E-state index in [0.717, 1.165) is 19.3 Å². The van der Waals surface area contributed by atoms with E-state index >= 15 is 0 Å². The Kier molecular flexibility index (Phi) is 5.02.